The summed E-state index contributed by atoms with van der Waals surface area (Å²) in [7, 11) is 0. The fraction of sp³-hybridized carbons (Fsp3) is 0.333. The average Bonchev–Trinajstić information content (AvgIpc) is 3.27. The van der Waals surface area contributed by atoms with Crippen LogP contribution in [-0.2, 0) is 28.0 Å². The third kappa shape index (κ3) is 3.42. The summed E-state index contributed by atoms with van der Waals surface area (Å²) in [4.78, 5) is 43.0. The lowest BCUT2D eigenvalue weighted by Gasteiger charge is -2.23. The van der Waals surface area contributed by atoms with E-state index < -0.39 is 29.9 Å². The van der Waals surface area contributed by atoms with Crippen LogP contribution in [0.5, 0.6) is 0 Å². The highest BCUT2D eigenvalue weighted by Crippen LogP contribution is 2.33. The molecule has 7 nitrogen and oxygen atoms in total. The molecule has 4 rings (SSSR count). The topological polar surface area (TPSA) is 91.4 Å². The maximum atomic E-state index is 13.1. The lowest BCUT2D eigenvalue weighted by Crippen LogP contribution is -2.42. The molecule has 4 amide bonds. The minimum Gasteiger partial charge on any atom is -0.319 e. The summed E-state index contributed by atoms with van der Waals surface area (Å²) >= 11 is 12.1. The summed E-state index contributed by atoms with van der Waals surface area (Å²) in [6.07, 6.45) is 4.45. The largest absolute Gasteiger partial charge is 0.325 e. The molecule has 1 fully saturated rings. The first-order valence-corrected chi connectivity index (χ1v) is 10.3. The Hall–Kier alpha value is -2.64. The molecule has 1 aliphatic heterocycles. The van der Waals surface area contributed by atoms with Crippen LogP contribution in [0.4, 0.5) is 10.6 Å². The highest BCUT2D eigenvalue weighted by atomic mass is 35.5. The van der Waals surface area contributed by atoms with E-state index in [1.54, 1.807) is 13.8 Å². The maximum absolute atomic E-state index is 13.1. The van der Waals surface area contributed by atoms with Crippen molar-refractivity contribution < 1.29 is 14.4 Å². The van der Waals surface area contributed by atoms with E-state index in [2.05, 4.69) is 15.6 Å². The molecule has 156 valence electrons. The number of hydrogen-bond donors (Lipinski definition) is 2. The summed E-state index contributed by atoms with van der Waals surface area (Å²) in [5.41, 5.74) is 2.54. The van der Waals surface area contributed by atoms with Gasteiger partial charge >= 0.3 is 6.03 Å². The van der Waals surface area contributed by atoms with E-state index in [0.29, 0.717) is 16.1 Å². The smallest absolute Gasteiger partial charge is 0.319 e. The van der Waals surface area contributed by atoms with E-state index in [4.69, 9.17) is 23.2 Å². The van der Waals surface area contributed by atoms with Crippen molar-refractivity contribution in [2.45, 2.75) is 38.6 Å². The van der Waals surface area contributed by atoms with Crippen molar-refractivity contribution >= 4 is 46.9 Å². The molecule has 1 aromatic heterocycles. The van der Waals surface area contributed by atoms with Crippen molar-refractivity contribution in [3.05, 3.63) is 56.7 Å². The van der Waals surface area contributed by atoms with Crippen LogP contribution in [-0.4, -0.2) is 34.3 Å². The van der Waals surface area contributed by atoms with Crippen molar-refractivity contribution in [1.29, 1.82) is 0 Å². The van der Waals surface area contributed by atoms with Gasteiger partial charge in [-0.2, -0.15) is 0 Å². The van der Waals surface area contributed by atoms with Crippen LogP contribution < -0.4 is 10.6 Å². The highest BCUT2D eigenvalue weighted by molar-refractivity contribution is 6.37. The Bertz CT molecular complexity index is 1090. The molecule has 0 saturated carbocycles. The highest BCUT2D eigenvalue weighted by Gasteiger charge is 2.49. The number of pyridine rings is 1. The van der Waals surface area contributed by atoms with Crippen LogP contribution in [0, 0.1) is 6.92 Å². The molecular formula is C21H20Cl2N4O3. The molecule has 2 N–H and O–H groups in total. The predicted molar refractivity (Wildman–Crippen MR) is 114 cm³/mol. The van der Waals surface area contributed by atoms with Gasteiger partial charge in [-0.1, -0.05) is 41.4 Å². The molecule has 1 unspecified atom stereocenters. The molecule has 0 radical (unpaired) electrons. The average molecular weight is 447 g/mol. The van der Waals surface area contributed by atoms with E-state index in [1.165, 1.54) is 17.3 Å². The molecular weight excluding hydrogens is 427 g/mol. The van der Waals surface area contributed by atoms with E-state index in [0.717, 1.165) is 24.2 Å². The number of urea groups is 1. The Labute approximate surface area is 183 Å². The minimum atomic E-state index is -1.22. The van der Waals surface area contributed by atoms with Gasteiger partial charge in [0.2, 0.25) is 5.91 Å². The van der Waals surface area contributed by atoms with Gasteiger partial charge in [0.1, 0.15) is 12.1 Å². The van der Waals surface area contributed by atoms with Gasteiger partial charge in [0, 0.05) is 6.20 Å². The Kier molecular flexibility index (Phi) is 5.20. The second kappa shape index (κ2) is 7.56. The van der Waals surface area contributed by atoms with Crippen molar-refractivity contribution in [2.24, 2.45) is 0 Å². The molecule has 2 aliphatic rings. The molecule has 1 aliphatic carbocycles. The number of halogens is 2. The summed E-state index contributed by atoms with van der Waals surface area (Å²) in [5.74, 6) is -0.947. The Morgan fingerprint density at radius 1 is 1.27 bits per heavy atom. The van der Waals surface area contributed by atoms with Crippen LogP contribution >= 0.6 is 23.2 Å². The predicted octanol–water partition coefficient (Wildman–Crippen LogP) is 3.59. The number of hydrogen-bond acceptors (Lipinski definition) is 4. The Morgan fingerprint density at radius 3 is 2.77 bits per heavy atom. The quantitative estimate of drug-likeness (QED) is 0.701. The number of nitrogens with one attached hydrogen (secondary N) is 2. The van der Waals surface area contributed by atoms with Crippen molar-refractivity contribution in [2.75, 3.05) is 11.9 Å². The summed E-state index contributed by atoms with van der Waals surface area (Å²) < 4.78 is 0. The fourth-order valence-electron chi connectivity index (χ4n) is 3.88. The van der Waals surface area contributed by atoms with Crippen LogP contribution in [0.2, 0.25) is 10.0 Å². The first-order chi connectivity index (χ1) is 14.2. The summed E-state index contributed by atoms with van der Waals surface area (Å²) in [6, 6.07) is 5.23. The number of carbonyl (C=O) groups is 3. The fourth-order valence-corrected chi connectivity index (χ4v) is 4.27. The lowest BCUT2D eigenvalue weighted by molar-refractivity contribution is -0.133. The normalized spacial score (nSPS) is 20.3. The van der Waals surface area contributed by atoms with Crippen LogP contribution in [0.1, 0.15) is 35.6 Å². The van der Waals surface area contributed by atoms with Gasteiger partial charge in [-0.25, -0.2) is 9.78 Å². The number of nitrogens with zero attached hydrogens (tertiary/aromatic N) is 2. The van der Waals surface area contributed by atoms with Crippen molar-refractivity contribution in [3.8, 4) is 0 Å². The van der Waals surface area contributed by atoms with Gasteiger partial charge in [0.25, 0.3) is 5.91 Å². The number of aryl methyl sites for hydroxylation is 2. The SMILES string of the molecule is Cc1c(Cl)cnc(NC(=O)CN2C(=O)NC(C)(c3ccc4c(c3)CCC4)C2=O)c1Cl. The summed E-state index contributed by atoms with van der Waals surface area (Å²) in [5, 5.41) is 5.84. The summed E-state index contributed by atoms with van der Waals surface area (Å²) in [6.45, 7) is 2.90. The van der Waals surface area contributed by atoms with Crippen molar-refractivity contribution in [3.63, 3.8) is 0 Å². The van der Waals surface area contributed by atoms with Gasteiger partial charge in [-0.15, -0.1) is 0 Å². The molecule has 0 bridgehead atoms. The Balaban J connectivity index is 1.52. The molecule has 2 heterocycles. The standard InChI is InChI=1S/C21H20Cl2N4O3/c1-11-15(22)9-24-18(17(11)23)25-16(28)10-27-19(29)21(2,26-20(27)30)14-7-6-12-4-3-5-13(12)8-14/h6-9H,3-5,10H2,1-2H3,(H,26,30)(H,24,25,28). The second-order valence-corrected chi connectivity index (χ2v) is 8.51. The van der Waals surface area contributed by atoms with Crippen LogP contribution in [0.15, 0.2) is 24.4 Å². The van der Waals surface area contributed by atoms with Crippen LogP contribution in [0.25, 0.3) is 0 Å². The zero-order chi connectivity index (χ0) is 21.6. The molecule has 1 aromatic carbocycles. The zero-order valence-electron chi connectivity index (χ0n) is 16.5. The monoisotopic (exact) mass is 446 g/mol. The third-order valence-electron chi connectivity index (χ3n) is 5.71. The number of benzene rings is 1. The van der Waals surface area contributed by atoms with Gasteiger partial charge in [-0.05, 0) is 55.4 Å². The van der Waals surface area contributed by atoms with E-state index in [1.807, 2.05) is 18.2 Å². The molecule has 1 atom stereocenters. The lowest BCUT2D eigenvalue weighted by atomic mass is 9.89. The van der Waals surface area contributed by atoms with Crippen molar-refractivity contribution in [1.82, 2.24) is 15.2 Å². The number of imide groups is 1. The number of aromatic nitrogens is 1. The zero-order valence-corrected chi connectivity index (χ0v) is 18.0. The number of rotatable bonds is 4. The maximum Gasteiger partial charge on any atom is 0.325 e. The molecule has 0 spiro atoms. The van der Waals surface area contributed by atoms with Gasteiger partial charge in [0.15, 0.2) is 5.82 Å². The van der Waals surface area contributed by atoms with E-state index in [9.17, 15) is 14.4 Å². The number of carbonyl (C=O) groups excluding carboxylic acids is 3. The van der Waals surface area contributed by atoms with E-state index in [-0.39, 0.29) is 10.8 Å². The van der Waals surface area contributed by atoms with Gasteiger partial charge in [0.05, 0.1) is 10.0 Å². The molecule has 2 aromatic rings. The Morgan fingerprint density at radius 2 is 2.00 bits per heavy atom. The minimum absolute atomic E-state index is 0.122. The van der Waals surface area contributed by atoms with Gasteiger partial charge < -0.3 is 10.6 Å². The number of fused-ring (bicyclic) bond motifs is 1. The first-order valence-electron chi connectivity index (χ1n) is 9.57. The molecule has 9 heteroatoms. The first kappa shape index (κ1) is 20.6. The molecule has 1 saturated heterocycles. The third-order valence-corrected chi connectivity index (χ3v) is 6.56. The van der Waals surface area contributed by atoms with Gasteiger partial charge in [-0.3, -0.25) is 14.5 Å². The number of amides is 4. The number of anilines is 1. The van der Waals surface area contributed by atoms with Crippen LogP contribution in [0.3, 0.4) is 0 Å². The second-order valence-electron chi connectivity index (χ2n) is 7.73. The molecule has 30 heavy (non-hydrogen) atoms. The van der Waals surface area contributed by atoms with E-state index >= 15 is 0 Å².